The van der Waals surface area contributed by atoms with Gasteiger partial charge in [0.15, 0.2) is 11.7 Å². The number of amidine groups is 2. The number of nitrogens with one attached hydrogen (secondary N) is 1. The molecule has 132 valence electrons. The number of amides is 1. The van der Waals surface area contributed by atoms with Crippen molar-refractivity contribution in [2.75, 3.05) is 11.9 Å². The number of carbonyl (C=O) groups is 1. The lowest BCUT2D eigenvalue weighted by molar-refractivity contribution is -0.114. The van der Waals surface area contributed by atoms with Crippen LogP contribution in [0, 0.1) is 5.41 Å². The fraction of sp³-hybridized carbons (Fsp3) is 0.250. The van der Waals surface area contributed by atoms with Gasteiger partial charge in [-0.15, -0.1) is 5.06 Å². The zero-order valence-corrected chi connectivity index (χ0v) is 15.2. The number of fused-ring (bicyclic) bond motifs is 2. The number of hydrogen-bond acceptors (Lipinski definition) is 4. The minimum absolute atomic E-state index is 0.000852. The third-order valence-corrected chi connectivity index (χ3v) is 5.03. The number of rotatable bonds is 1. The third-order valence-electron chi connectivity index (χ3n) is 5.03. The van der Waals surface area contributed by atoms with Crippen LogP contribution in [-0.2, 0) is 15.0 Å². The molecule has 1 amide bonds. The maximum atomic E-state index is 12.4. The number of allylic oxidation sites excluding steroid dienone is 4. The molecule has 0 fully saturated rings. The summed E-state index contributed by atoms with van der Waals surface area (Å²) in [6, 6.07) is 8.26. The summed E-state index contributed by atoms with van der Waals surface area (Å²) in [6.07, 6.45) is 5.21. The van der Waals surface area contributed by atoms with E-state index in [1.807, 2.05) is 25.3 Å². The highest BCUT2D eigenvalue weighted by molar-refractivity contribution is 6.30. The van der Waals surface area contributed by atoms with Crippen LogP contribution in [0.4, 0.5) is 5.69 Å². The van der Waals surface area contributed by atoms with E-state index in [0.717, 1.165) is 11.4 Å². The highest BCUT2D eigenvalue weighted by Gasteiger charge is 2.38. The normalized spacial score (nSPS) is 23.8. The van der Waals surface area contributed by atoms with Crippen LogP contribution >= 0.6 is 0 Å². The van der Waals surface area contributed by atoms with Gasteiger partial charge in [-0.1, -0.05) is 32.0 Å². The Morgan fingerprint density at radius 1 is 1.23 bits per heavy atom. The number of benzene rings is 1. The number of hydroxylamine groups is 2. The van der Waals surface area contributed by atoms with E-state index in [-0.39, 0.29) is 16.8 Å². The van der Waals surface area contributed by atoms with E-state index < -0.39 is 5.91 Å². The van der Waals surface area contributed by atoms with Crippen molar-refractivity contribution >= 4 is 23.3 Å². The smallest absolute Gasteiger partial charge is 0.282 e. The second-order valence-corrected chi connectivity index (χ2v) is 7.10. The molecule has 0 radical (unpaired) electrons. The summed E-state index contributed by atoms with van der Waals surface area (Å²) in [7, 11) is 2.01. The fourth-order valence-electron chi connectivity index (χ4n) is 3.68. The molecule has 6 heteroatoms. The molecule has 0 aliphatic carbocycles. The van der Waals surface area contributed by atoms with Crippen LogP contribution in [-0.4, -0.2) is 29.7 Å². The van der Waals surface area contributed by atoms with Crippen molar-refractivity contribution in [2.24, 2.45) is 4.99 Å². The Kier molecular flexibility index (Phi) is 3.41. The monoisotopic (exact) mass is 348 g/mol. The molecule has 0 unspecified atom stereocenters. The molecule has 1 N–H and O–H groups in total. The third kappa shape index (κ3) is 2.22. The lowest BCUT2D eigenvalue weighted by Crippen LogP contribution is -2.38. The maximum absolute atomic E-state index is 12.4. The molecule has 4 rings (SSSR count). The van der Waals surface area contributed by atoms with Crippen molar-refractivity contribution < 1.29 is 9.63 Å². The van der Waals surface area contributed by atoms with E-state index in [9.17, 15) is 4.79 Å². The van der Waals surface area contributed by atoms with Crippen LogP contribution in [0.25, 0.3) is 0 Å². The molecule has 0 saturated carbocycles. The molecular weight excluding hydrogens is 328 g/mol. The van der Waals surface area contributed by atoms with Crippen molar-refractivity contribution in [1.29, 1.82) is 5.41 Å². The van der Waals surface area contributed by atoms with Gasteiger partial charge in [-0.05, 0) is 30.7 Å². The Bertz CT molecular complexity index is 966. The Morgan fingerprint density at radius 2 is 1.96 bits per heavy atom. The number of carbonyl (C=O) groups excluding carboxylic acids is 1. The summed E-state index contributed by atoms with van der Waals surface area (Å²) >= 11 is 0. The molecule has 3 aliphatic rings. The number of nitrogens with zero attached hydrogens (tertiary/aromatic N) is 3. The van der Waals surface area contributed by atoms with E-state index in [1.165, 1.54) is 10.6 Å². The Hall–Kier alpha value is -3.15. The molecule has 6 nitrogen and oxygen atoms in total. The average molecular weight is 348 g/mol. The summed E-state index contributed by atoms with van der Waals surface area (Å²) in [5, 5.41) is 9.58. The van der Waals surface area contributed by atoms with Crippen LogP contribution in [0.3, 0.4) is 0 Å². The van der Waals surface area contributed by atoms with Crippen molar-refractivity contribution in [3.05, 3.63) is 65.1 Å². The van der Waals surface area contributed by atoms with E-state index >= 15 is 0 Å². The van der Waals surface area contributed by atoms with Crippen molar-refractivity contribution in [3.63, 3.8) is 0 Å². The average Bonchev–Trinajstić information content (AvgIpc) is 3.05. The van der Waals surface area contributed by atoms with E-state index in [0.29, 0.717) is 11.6 Å². The minimum atomic E-state index is -0.427. The van der Waals surface area contributed by atoms with Gasteiger partial charge in [0.25, 0.3) is 5.91 Å². The van der Waals surface area contributed by atoms with Crippen LogP contribution in [0.5, 0.6) is 0 Å². The van der Waals surface area contributed by atoms with Gasteiger partial charge in [0.05, 0.1) is 5.57 Å². The van der Waals surface area contributed by atoms with Gasteiger partial charge in [-0.3, -0.25) is 10.2 Å². The first kappa shape index (κ1) is 16.3. The van der Waals surface area contributed by atoms with Gasteiger partial charge in [0.1, 0.15) is 5.76 Å². The van der Waals surface area contributed by atoms with Gasteiger partial charge < -0.3 is 9.74 Å². The van der Waals surface area contributed by atoms with Crippen molar-refractivity contribution in [3.8, 4) is 0 Å². The molecule has 0 aromatic heterocycles. The standard InChI is InChI=1S/C20H20N4O2/c1-12-11-17-22-19(25)13(18(21)24(17)26-12)9-10-16-20(2,3)14-7-5-6-8-15(14)23(16)4/h5-11,21H,1-4H3. The van der Waals surface area contributed by atoms with E-state index in [1.54, 1.807) is 19.1 Å². The van der Waals surface area contributed by atoms with E-state index in [4.69, 9.17) is 10.2 Å². The van der Waals surface area contributed by atoms with Crippen molar-refractivity contribution in [1.82, 2.24) is 5.06 Å². The second-order valence-electron chi connectivity index (χ2n) is 7.10. The molecule has 0 atom stereocenters. The topological polar surface area (TPSA) is 69.0 Å². The summed E-state index contributed by atoms with van der Waals surface area (Å²) < 4.78 is 0. The fourth-order valence-corrected chi connectivity index (χ4v) is 3.68. The first-order valence-electron chi connectivity index (χ1n) is 8.45. The summed E-state index contributed by atoms with van der Waals surface area (Å²) in [5.74, 6) is 0.533. The number of hydrogen-bond donors (Lipinski definition) is 1. The van der Waals surface area contributed by atoms with E-state index in [2.05, 4.69) is 35.9 Å². The van der Waals surface area contributed by atoms with Crippen LogP contribution in [0.1, 0.15) is 26.3 Å². The van der Waals surface area contributed by atoms with Crippen LogP contribution in [0.2, 0.25) is 0 Å². The Balaban J connectivity index is 1.73. The second kappa shape index (κ2) is 5.42. The zero-order chi connectivity index (χ0) is 18.6. The molecule has 1 aromatic rings. The molecule has 26 heavy (non-hydrogen) atoms. The zero-order valence-electron chi connectivity index (χ0n) is 15.2. The minimum Gasteiger partial charge on any atom is -0.376 e. The molecule has 0 saturated heterocycles. The predicted molar refractivity (Wildman–Crippen MR) is 101 cm³/mol. The first-order chi connectivity index (χ1) is 12.3. The van der Waals surface area contributed by atoms with Crippen LogP contribution in [0.15, 0.2) is 64.5 Å². The van der Waals surface area contributed by atoms with Crippen molar-refractivity contribution in [2.45, 2.75) is 26.2 Å². The Morgan fingerprint density at radius 3 is 2.69 bits per heavy atom. The van der Waals surface area contributed by atoms with Gasteiger partial charge in [0.2, 0.25) is 0 Å². The SMILES string of the molecule is CC1=CC2=NC(=O)C(=CC=C3N(C)c4ccccc4C3(C)C)C(=N)N2O1. The summed E-state index contributed by atoms with van der Waals surface area (Å²) in [6.45, 7) is 6.07. The maximum Gasteiger partial charge on any atom is 0.282 e. The molecule has 3 heterocycles. The summed E-state index contributed by atoms with van der Waals surface area (Å²) in [4.78, 5) is 24.0. The number of likely N-dealkylation sites (N-methyl/N-ethyl adjacent to an activating group) is 1. The molecule has 0 bridgehead atoms. The number of anilines is 1. The highest BCUT2D eigenvalue weighted by atomic mass is 16.7. The van der Waals surface area contributed by atoms with Gasteiger partial charge in [-0.25, -0.2) is 0 Å². The Labute approximate surface area is 152 Å². The highest BCUT2D eigenvalue weighted by Crippen LogP contribution is 2.46. The molecule has 1 aromatic carbocycles. The molecular formula is C20H20N4O2. The summed E-state index contributed by atoms with van der Waals surface area (Å²) in [5.41, 5.74) is 3.46. The number of aliphatic imine (C=N–C) groups is 1. The molecule has 0 spiro atoms. The van der Waals surface area contributed by atoms with Crippen LogP contribution < -0.4 is 4.90 Å². The van der Waals surface area contributed by atoms with Gasteiger partial charge in [-0.2, -0.15) is 4.99 Å². The lowest BCUT2D eigenvalue weighted by atomic mass is 9.83. The predicted octanol–water partition coefficient (Wildman–Crippen LogP) is 3.29. The number of para-hydroxylation sites is 1. The lowest BCUT2D eigenvalue weighted by Gasteiger charge is -2.25. The largest absolute Gasteiger partial charge is 0.376 e. The van der Waals surface area contributed by atoms with Gasteiger partial charge >= 0.3 is 0 Å². The van der Waals surface area contributed by atoms with Gasteiger partial charge in [0, 0.05) is 29.9 Å². The quantitative estimate of drug-likeness (QED) is 0.791. The first-order valence-corrected chi connectivity index (χ1v) is 8.45. The molecule has 3 aliphatic heterocycles.